The molecule has 2 atom stereocenters. The van der Waals surface area contributed by atoms with E-state index in [1.54, 1.807) is 7.05 Å². The summed E-state index contributed by atoms with van der Waals surface area (Å²) in [6.07, 6.45) is -1.58. The first-order valence-corrected chi connectivity index (χ1v) is 5.38. The molecule has 1 N–H and O–H groups in total. The zero-order valence-corrected chi connectivity index (χ0v) is 9.27. The van der Waals surface area contributed by atoms with Crippen molar-refractivity contribution in [3.05, 3.63) is 0 Å². The number of rotatable bonds is 4. The fraction of sp³-hybridized carbons (Fsp3) is 1.00. The van der Waals surface area contributed by atoms with Crippen molar-refractivity contribution in [2.45, 2.75) is 43.9 Å². The monoisotopic (exact) mass is 224 g/mol. The molecular weight excluding hydrogens is 205 g/mol. The Kier molecular flexibility index (Phi) is 4.40. The summed E-state index contributed by atoms with van der Waals surface area (Å²) in [6.45, 7) is 0.104. The van der Waals surface area contributed by atoms with E-state index in [1.165, 1.54) is 0 Å². The first-order valence-electron chi connectivity index (χ1n) is 5.38. The van der Waals surface area contributed by atoms with E-state index in [-0.39, 0.29) is 12.6 Å². The molecule has 2 nitrogen and oxygen atoms in total. The predicted octanol–water partition coefficient (Wildman–Crippen LogP) is 2.01. The highest BCUT2D eigenvalue weighted by atomic mass is 19.4. The second kappa shape index (κ2) is 5.16. The van der Waals surface area contributed by atoms with Gasteiger partial charge in [-0.15, -0.1) is 0 Å². The van der Waals surface area contributed by atoms with E-state index in [2.05, 4.69) is 5.32 Å². The number of halogens is 3. The summed E-state index contributed by atoms with van der Waals surface area (Å²) in [5.41, 5.74) is 0. The Morgan fingerprint density at radius 2 is 2.00 bits per heavy atom. The number of nitrogens with zero attached hydrogens (tertiary/aromatic N) is 1. The van der Waals surface area contributed by atoms with Crippen LogP contribution >= 0.6 is 0 Å². The second-order valence-electron chi connectivity index (χ2n) is 4.24. The minimum Gasteiger partial charge on any atom is -0.315 e. The highest BCUT2D eigenvalue weighted by Gasteiger charge is 2.32. The molecule has 15 heavy (non-hydrogen) atoms. The van der Waals surface area contributed by atoms with E-state index >= 15 is 0 Å². The average molecular weight is 224 g/mol. The first kappa shape index (κ1) is 12.8. The number of likely N-dealkylation sites (N-methyl/N-ethyl adjacent to an activating group) is 2. The van der Waals surface area contributed by atoms with Crippen LogP contribution in [-0.2, 0) is 0 Å². The maximum Gasteiger partial charge on any atom is 0.390 e. The average Bonchev–Trinajstić information content (AvgIpc) is 2.60. The van der Waals surface area contributed by atoms with Crippen LogP contribution in [-0.4, -0.2) is 43.8 Å². The molecule has 2 unspecified atom stereocenters. The summed E-state index contributed by atoms with van der Waals surface area (Å²) < 4.78 is 36.1. The van der Waals surface area contributed by atoms with Gasteiger partial charge in [-0.05, 0) is 26.9 Å². The molecule has 0 amide bonds. The molecule has 90 valence electrons. The lowest BCUT2D eigenvalue weighted by Gasteiger charge is -2.29. The molecule has 0 aromatic carbocycles. The van der Waals surface area contributed by atoms with Crippen molar-refractivity contribution in [1.82, 2.24) is 10.2 Å². The van der Waals surface area contributed by atoms with Crippen LogP contribution in [0.25, 0.3) is 0 Å². The van der Waals surface area contributed by atoms with Crippen LogP contribution in [0.2, 0.25) is 0 Å². The molecule has 0 aromatic rings. The van der Waals surface area contributed by atoms with Gasteiger partial charge in [-0.2, -0.15) is 13.2 Å². The van der Waals surface area contributed by atoms with Crippen LogP contribution in [0.1, 0.15) is 25.7 Å². The van der Waals surface area contributed by atoms with Crippen LogP contribution in [0.5, 0.6) is 0 Å². The Labute approximate surface area is 88.8 Å². The zero-order valence-electron chi connectivity index (χ0n) is 9.27. The molecule has 1 rings (SSSR count). The van der Waals surface area contributed by atoms with Crippen LogP contribution in [0.15, 0.2) is 0 Å². The quantitative estimate of drug-likeness (QED) is 0.786. The van der Waals surface area contributed by atoms with Gasteiger partial charge in [-0.3, -0.25) is 0 Å². The van der Waals surface area contributed by atoms with Crippen LogP contribution in [0, 0.1) is 0 Å². The van der Waals surface area contributed by atoms with E-state index in [0.29, 0.717) is 6.04 Å². The van der Waals surface area contributed by atoms with Crippen molar-refractivity contribution < 1.29 is 13.2 Å². The third-order valence-corrected chi connectivity index (χ3v) is 3.16. The number of alkyl halides is 3. The molecule has 1 aliphatic carbocycles. The molecule has 0 aliphatic heterocycles. The smallest absolute Gasteiger partial charge is 0.315 e. The van der Waals surface area contributed by atoms with E-state index in [1.807, 2.05) is 11.9 Å². The minimum atomic E-state index is -4.04. The molecule has 0 bridgehead atoms. The molecule has 1 aliphatic rings. The van der Waals surface area contributed by atoms with Crippen molar-refractivity contribution in [1.29, 1.82) is 0 Å². The van der Waals surface area contributed by atoms with Gasteiger partial charge in [0.2, 0.25) is 0 Å². The Morgan fingerprint density at radius 1 is 1.33 bits per heavy atom. The Balaban J connectivity index is 2.36. The van der Waals surface area contributed by atoms with E-state index in [0.717, 1.165) is 19.3 Å². The maximum absolute atomic E-state index is 12.0. The first-order chi connectivity index (χ1) is 6.94. The van der Waals surface area contributed by atoms with E-state index < -0.39 is 12.6 Å². The van der Waals surface area contributed by atoms with Crippen molar-refractivity contribution >= 4 is 0 Å². The minimum absolute atomic E-state index is 0.104. The Morgan fingerprint density at radius 3 is 2.53 bits per heavy atom. The molecule has 0 spiro atoms. The highest BCUT2D eigenvalue weighted by molar-refractivity contribution is 4.88. The topological polar surface area (TPSA) is 15.3 Å². The summed E-state index contributed by atoms with van der Waals surface area (Å²) >= 11 is 0. The summed E-state index contributed by atoms with van der Waals surface area (Å²) in [6, 6.07) is 0.612. The highest BCUT2D eigenvalue weighted by Crippen LogP contribution is 2.25. The fourth-order valence-corrected chi connectivity index (χ4v) is 2.27. The summed E-state index contributed by atoms with van der Waals surface area (Å²) in [5.74, 6) is 0. The standard InChI is InChI=1S/C10H19F3N2/c1-14-8-4-3-5-9(8)15(2)7-6-10(11,12)13/h8-9,14H,3-7H2,1-2H3. The van der Waals surface area contributed by atoms with Crippen LogP contribution in [0.3, 0.4) is 0 Å². The molecule has 5 heteroatoms. The van der Waals surface area contributed by atoms with Gasteiger partial charge in [-0.25, -0.2) is 0 Å². The van der Waals surface area contributed by atoms with E-state index in [4.69, 9.17) is 0 Å². The van der Waals surface area contributed by atoms with Crippen molar-refractivity contribution in [2.24, 2.45) is 0 Å². The van der Waals surface area contributed by atoms with Gasteiger partial charge in [0.25, 0.3) is 0 Å². The Bertz CT molecular complexity index is 194. The Hall–Kier alpha value is -0.290. The van der Waals surface area contributed by atoms with Crippen molar-refractivity contribution in [3.8, 4) is 0 Å². The van der Waals surface area contributed by atoms with Crippen molar-refractivity contribution in [3.63, 3.8) is 0 Å². The normalized spacial score (nSPS) is 27.6. The third-order valence-electron chi connectivity index (χ3n) is 3.16. The largest absolute Gasteiger partial charge is 0.390 e. The zero-order chi connectivity index (χ0) is 11.5. The van der Waals surface area contributed by atoms with E-state index in [9.17, 15) is 13.2 Å². The fourth-order valence-electron chi connectivity index (χ4n) is 2.27. The molecule has 1 saturated carbocycles. The molecular formula is C10H19F3N2. The van der Waals surface area contributed by atoms with Crippen LogP contribution < -0.4 is 5.32 Å². The van der Waals surface area contributed by atoms with Gasteiger partial charge in [0.05, 0.1) is 6.42 Å². The van der Waals surface area contributed by atoms with Gasteiger partial charge in [-0.1, -0.05) is 6.42 Å². The molecule has 0 heterocycles. The predicted molar refractivity (Wildman–Crippen MR) is 53.8 cm³/mol. The molecule has 0 radical (unpaired) electrons. The molecule has 0 aromatic heterocycles. The van der Waals surface area contributed by atoms with Gasteiger partial charge >= 0.3 is 6.18 Å². The van der Waals surface area contributed by atoms with Crippen LogP contribution in [0.4, 0.5) is 13.2 Å². The molecule has 1 fully saturated rings. The van der Waals surface area contributed by atoms with Gasteiger partial charge in [0, 0.05) is 18.6 Å². The van der Waals surface area contributed by atoms with Crippen molar-refractivity contribution in [2.75, 3.05) is 20.6 Å². The van der Waals surface area contributed by atoms with Gasteiger partial charge in [0.15, 0.2) is 0 Å². The maximum atomic E-state index is 12.0. The number of hydrogen-bond acceptors (Lipinski definition) is 2. The lowest BCUT2D eigenvalue weighted by molar-refractivity contribution is -0.138. The lowest BCUT2D eigenvalue weighted by Crippen LogP contribution is -2.44. The third kappa shape index (κ3) is 3.99. The summed E-state index contributed by atoms with van der Waals surface area (Å²) in [7, 11) is 3.66. The second-order valence-corrected chi connectivity index (χ2v) is 4.24. The van der Waals surface area contributed by atoms with Gasteiger partial charge in [0.1, 0.15) is 0 Å². The lowest BCUT2D eigenvalue weighted by atomic mass is 10.1. The summed E-state index contributed by atoms with van der Waals surface area (Å²) in [4.78, 5) is 1.83. The molecule has 0 saturated heterocycles. The van der Waals surface area contributed by atoms with Gasteiger partial charge < -0.3 is 10.2 Å². The number of hydrogen-bond donors (Lipinski definition) is 1. The number of nitrogens with one attached hydrogen (secondary N) is 1. The summed E-state index contributed by atoms with van der Waals surface area (Å²) in [5, 5.41) is 3.17. The SMILES string of the molecule is CNC1CCCC1N(C)CCC(F)(F)F.